The third kappa shape index (κ3) is 3.59. The molecule has 0 aromatic carbocycles. The highest BCUT2D eigenvalue weighted by Crippen LogP contribution is 2.34. The van der Waals surface area contributed by atoms with Gasteiger partial charge in [-0.1, -0.05) is 6.92 Å². The second kappa shape index (κ2) is 6.62. The Bertz CT molecular complexity index is 670. The number of nitrogens with zero attached hydrogens (tertiary/aromatic N) is 1. The topological polar surface area (TPSA) is 91.7 Å². The van der Waals surface area contributed by atoms with Crippen LogP contribution < -0.4 is 10.0 Å². The van der Waals surface area contributed by atoms with Gasteiger partial charge in [0, 0.05) is 32.0 Å². The molecule has 2 saturated heterocycles. The summed E-state index contributed by atoms with van der Waals surface area (Å²) in [6.07, 6.45) is 3.50. The first-order chi connectivity index (χ1) is 11.0. The molecule has 1 aromatic heterocycles. The first kappa shape index (κ1) is 16.5. The van der Waals surface area contributed by atoms with Crippen molar-refractivity contribution >= 4 is 16.1 Å². The van der Waals surface area contributed by atoms with Crippen molar-refractivity contribution in [2.45, 2.75) is 51.1 Å². The maximum Gasteiger partial charge on any atom is 0.280 e. The van der Waals surface area contributed by atoms with Crippen LogP contribution in [-0.4, -0.2) is 37.8 Å². The van der Waals surface area contributed by atoms with Gasteiger partial charge in [-0.05, 0) is 31.4 Å². The molecule has 128 valence electrons. The molecular weight excluding hydrogens is 318 g/mol. The molecule has 0 spiro atoms. The van der Waals surface area contributed by atoms with Crippen molar-refractivity contribution < 1.29 is 17.6 Å². The van der Waals surface area contributed by atoms with E-state index in [4.69, 9.17) is 4.42 Å². The van der Waals surface area contributed by atoms with E-state index in [9.17, 15) is 13.2 Å². The SMILES string of the molecule is CCc1ccc([C@@H]2CCCN2S(=O)(=O)NC[C@H]2CCC(=O)N2)o1. The lowest BCUT2D eigenvalue weighted by Gasteiger charge is -2.23. The summed E-state index contributed by atoms with van der Waals surface area (Å²) in [6.45, 7) is 2.72. The number of carbonyl (C=O) groups is 1. The molecule has 0 bridgehead atoms. The summed E-state index contributed by atoms with van der Waals surface area (Å²) in [7, 11) is -3.59. The summed E-state index contributed by atoms with van der Waals surface area (Å²) in [5, 5.41) is 2.77. The molecule has 0 unspecified atom stereocenters. The lowest BCUT2D eigenvalue weighted by Crippen LogP contribution is -2.45. The van der Waals surface area contributed by atoms with Crippen LogP contribution in [-0.2, 0) is 21.4 Å². The Morgan fingerprint density at radius 2 is 2.22 bits per heavy atom. The van der Waals surface area contributed by atoms with Crippen molar-refractivity contribution in [1.29, 1.82) is 0 Å². The Morgan fingerprint density at radius 3 is 2.87 bits per heavy atom. The first-order valence-corrected chi connectivity index (χ1v) is 9.58. The molecule has 2 atom stereocenters. The molecular formula is C15H23N3O4S. The summed E-state index contributed by atoms with van der Waals surface area (Å²) < 4.78 is 35.0. The Balaban J connectivity index is 1.66. The van der Waals surface area contributed by atoms with E-state index in [1.807, 2.05) is 19.1 Å². The van der Waals surface area contributed by atoms with Gasteiger partial charge in [-0.2, -0.15) is 12.7 Å². The summed E-state index contributed by atoms with van der Waals surface area (Å²) >= 11 is 0. The molecule has 2 fully saturated rings. The number of rotatable bonds is 6. The molecule has 0 saturated carbocycles. The predicted molar refractivity (Wildman–Crippen MR) is 84.9 cm³/mol. The van der Waals surface area contributed by atoms with Gasteiger partial charge in [-0.15, -0.1) is 0 Å². The van der Waals surface area contributed by atoms with Crippen LogP contribution in [0, 0.1) is 0 Å². The monoisotopic (exact) mass is 341 g/mol. The number of hydrogen-bond donors (Lipinski definition) is 2. The van der Waals surface area contributed by atoms with Gasteiger partial charge in [0.15, 0.2) is 0 Å². The van der Waals surface area contributed by atoms with Crippen LogP contribution in [0.3, 0.4) is 0 Å². The third-order valence-corrected chi connectivity index (χ3v) is 6.05. The van der Waals surface area contributed by atoms with Gasteiger partial charge in [0.2, 0.25) is 5.91 Å². The Kier molecular flexibility index (Phi) is 4.74. The van der Waals surface area contributed by atoms with E-state index in [1.54, 1.807) is 0 Å². The Morgan fingerprint density at radius 1 is 1.39 bits per heavy atom. The van der Waals surface area contributed by atoms with Crippen molar-refractivity contribution in [2.24, 2.45) is 0 Å². The molecule has 3 heterocycles. The maximum absolute atomic E-state index is 12.6. The van der Waals surface area contributed by atoms with Gasteiger partial charge >= 0.3 is 0 Å². The van der Waals surface area contributed by atoms with Crippen LogP contribution in [0.2, 0.25) is 0 Å². The largest absolute Gasteiger partial charge is 0.464 e. The number of nitrogens with one attached hydrogen (secondary N) is 2. The minimum absolute atomic E-state index is 0.0177. The summed E-state index contributed by atoms with van der Waals surface area (Å²) in [6, 6.07) is 3.41. The van der Waals surface area contributed by atoms with Crippen LogP contribution in [0.4, 0.5) is 0 Å². The normalized spacial score (nSPS) is 25.9. The van der Waals surface area contributed by atoms with E-state index >= 15 is 0 Å². The molecule has 0 radical (unpaired) electrons. The van der Waals surface area contributed by atoms with Crippen LogP contribution in [0.25, 0.3) is 0 Å². The summed E-state index contributed by atoms with van der Waals surface area (Å²) in [4.78, 5) is 11.2. The molecule has 7 nitrogen and oxygen atoms in total. The highest BCUT2D eigenvalue weighted by molar-refractivity contribution is 7.87. The zero-order valence-corrected chi connectivity index (χ0v) is 14.1. The van der Waals surface area contributed by atoms with Gasteiger partial charge in [0.05, 0.1) is 6.04 Å². The average molecular weight is 341 g/mol. The maximum atomic E-state index is 12.6. The highest BCUT2D eigenvalue weighted by Gasteiger charge is 2.37. The van der Waals surface area contributed by atoms with Gasteiger partial charge < -0.3 is 9.73 Å². The fraction of sp³-hybridized carbons (Fsp3) is 0.667. The minimum Gasteiger partial charge on any atom is -0.464 e. The number of carbonyl (C=O) groups excluding carboxylic acids is 1. The van der Waals surface area contributed by atoms with Crippen LogP contribution in [0.1, 0.15) is 50.2 Å². The quantitative estimate of drug-likeness (QED) is 0.810. The van der Waals surface area contributed by atoms with E-state index in [2.05, 4.69) is 10.0 Å². The zero-order chi connectivity index (χ0) is 16.4. The molecule has 23 heavy (non-hydrogen) atoms. The summed E-state index contributed by atoms with van der Waals surface area (Å²) in [5.74, 6) is 1.56. The molecule has 2 aliphatic heterocycles. The van der Waals surface area contributed by atoms with Gasteiger partial charge in [0.1, 0.15) is 11.5 Å². The predicted octanol–water partition coefficient (Wildman–Crippen LogP) is 1.09. The lowest BCUT2D eigenvalue weighted by molar-refractivity contribution is -0.119. The number of hydrogen-bond acceptors (Lipinski definition) is 4. The number of aryl methyl sites for hydroxylation is 1. The standard InChI is InChI=1S/C15H23N3O4S/c1-2-12-6-7-14(22-12)13-4-3-9-18(13)23(20,21)16-10-11-5-8-15(19)17-11/h6-7,11,13,16H,2-5,8-10H2,1H3,(H,17,19)/t11-,13+/m1/s1. The average Bonchev–Trinajstić information content (AvgIpc) is 3.24. The molecule has 2 aliphatic rings. The Hall–Kier alpha value is -1.38. The van der Waals surface area contributed by atoms with Crippen molar-refractivity contribution in [1.82, 2.24) is 14.3 Å². The minimum atomic E-state index is -3.59. The number of furan rings is 1. The summed E-state index contributed by atoms with van der Waals surface area (Å²) in [5.41, 5.74) is 0. The molecule has 3 rings (SSSR count). The van der Waals surface area contributed by atoms with Gasteiger partial charge in [0.25, 0.3) is 10.2 Å². The van der Waals surface area contributed by atoms with E-state index < -0.39 is 10.2 Å². The molecule has 2 N–H and O–H groups in total. The van der Waals surface area contributed by atoms with E-state index in [0.29, 0.717) is 25.1 Å². The lowest BCUT2D eigenvalue weighted by atomic mass is 10.2. The van der Waals surface area contributed by atoms with Crippen molar-refractivity contribution in [3.05, 3.63) is 23.7 Å². The van der Waals surface area contributed by atoms with Crippen LogP contribution in [0.5, 0.6) is 0 Å². The first-order valence-electron chi connectivity index (χ1n) is 8.14. The molecule has 1 aromatic rings. The number of amides is 1. The molecule has 8 heteroatoms. The van der Waals surface area contributed by atoms with Crippen molar-refractivity contribution in [3.8, 4) is 0 Å². The highest BCUT2D eigenvalue weighted by atomic mass is 32.2. The van der Waals surface area contributed by atoms with E-state index in [-0.39, 0.29) is 24.5 Å². The smallest absolute Gasteiger partial charge is 0.280 e. The Labute approximate surface area is 136 Å². The molecule has 1 amide bonds. The van der Waals surface area contributed by atoms with Crippen molar-refractivity contribution in [2.75, 3.05) is 13.1 Å². The second-order valence-electron chi connectivity index (χ2n) is 6.08. The fourth-order valence-electron chi connectivity index (χ4n) is 3.20. The van der Waals surface area contributed by atoms with E-state index in [1.165, 1.54) is 4.31 Å². The van der Waals surface area contributed by atoms with Crippen molar-refractivity contribution in [3.63, 3.8) is 0 Å². The fourth-order valence-corrected chi connectivity index (χ4v) is 4.69. The van der Waals surface area contributed by atoms with Gasteiger partial charge in [-0.3, -0.25) is 4.79 Å². The zero-order valence-electron chi connectivity index (χ0n) is 13.2. The van der Waals surface area contributed by atoms with Crippen LogP contribution in [0.15, 0.2) is 16.5 Å². The van der Waals surface area contributed by atoms with Crippen LogP contribution >= 0.6 is 0 Å². The van der Waals surface area contributed by atoms with E-state index in [0.717, 1.165) is 25.0 Å². The third-order valence-electron chi connectivity index (χ3n) is 4.47. The van der Waals surface area contributed by atoms with Gasteiger partial charge in [-0.25, -0.2) is 4.72 Å². The second-order valence-corrected chi connectivity index (χ2v) is 7.79. The molecule has 0 aliphatic carbocycles.